The van der Waals surface area contributed by atoms with Crippen molar-refractivity contribution in [1.82, 2.24) is 0 Å². The summed E-state index contributed by atoms with van der Waals surface area (Å²) in [6.45, 7) is 0. The molecule has 0 unspecified atom stereocenters. The first-order chi connectivity index (χ1) is 9.47. The predicted octanol–water partition coefficient (Wildman–Crippen LogP) is 3.19. The second-order valence-corrected chi connectivity index (χ2v) is 4.85. The lowest BCUT2D eigenvalue weighted by Gasteiger charge is -2.07. The van der Waals surface area contributed by atoms with Gasteiger partial charge in [0.05, 0.1) is 10.6 Å². The van der Waals surface area contributed by atoms with E-state index < -0.39 is 4.92 Å². The van der Waals surface area contributed by atoms with Gasteiger partial charge in [-0.25, -0.2) is 0 Å². The Morgan fingerprint density at radius 2 is 1.85 bits per heavy atom. The van der Waals surface area contributed by atoms with Gasteiger partial charge in [-0.2, -0.15) is 0 Å². The highest BCUT2D eigenvalue weighted by atomic mass is 79.9. The van der Waals surface area contributed by atoms with Crippen LogP contribution >= 0.6 is 15.9 Å². The molecule has 0 fully saturated rings. The van der Waals surface area contributed by atoms with Crippen LogP contribution < -0.4 is 11.1 Å². The quantitative estimate of drug-likeness (QED) is 0.511. The zero-order valence-corrected chi connectivity index (χ0v) is 11.8. The molecule has 2 aromatic carbocycles. The van der Waals surface area contributed by atoms with Crippen LogP contribution in [0.1, 0.15) is 10.4 Å². The molecule has 0 spiro atoms. The summed E-state index contributed by atoms with van der Waals surface area (Å²) in [6, 6.07) is 10.6. The molecule has 3 N–H and O–H groups in total. The lowest BCUT2D eigenvalue weighted by molar-refractivity contribution is -0.384. The summed E-state index contributed by atoms with van der Waals surface area (Å²) < 4.78 is 0.440. The van der Waals surface area contributed by atoms with Crippen LogP contribution in [0.5, 0.6) is 0 Å². The van der Waals surface area contributed by atoms with E-state index in [1.54, 1.807) is 24.3 Å². The summed E-state index contributed by atoms with van der Waals surface area (Å²) in [6.07, 6.45) is 0. The van der Waals surface area contributed by atoms with Crippen molar-refractivity contribution in [2.75, 3.05) is 11.1 Å². The van der Waals surface area contributed by atoms with Crippen molar-refractivity contribution in [3.05, 3.63) is 62.6 Å². The number of nitro groups is 1. The van der Waals surface area contributed by atoms with E-state index in [1.807, 2.05) is 0 Å². The van der Waals surface area contributed by atoms with Crippen molar-refractivity contribution in [1.29, 1.82) is 0 Å². The molecule has 0 aliphatic carbocycles. The van der Waals surface area contributed by atoms with E-state index >= 15 is 0 Å². The fourth-order valence-electron chi connectivity index (χ4n) is 1.55. The van der Waals surface area contributed by atoms with Gasteiger partial charge in [-0.3, -0.25) is 14.9 Å². The van der Waals surface area contributed by atoms with Gasteiger partial charge in [-0.1, -0.05) is 0 Å². The van der Waals surface area contributed by atoms with Gasteiger partial charge in [0, 0.05) is 27.9 Å². The van der Waals surface area contributed by atoms with Crippen molar-refractivity contribution in [3.63, 3.8) is 0 Å². The second-order valence-electron chi connectivity index (χ2n) is 4.00. The summed E-state index contributed by atoms with van der Waals surface area (Å²) in [7, 11) is 0. The molecule has 0 aliphatic rings. The second kappa shape index (κ2) is 5.70. The van der Waals surface area contributed by atoms with E-state index in [1.165, 1.54) is 18.2 Å². The zero-order valence-electron chi connectivity index (χ0n) is 10.2. The number of amides is 1. The van der Waals surface area contributed by atoms with Gasteiger partial charge in [0.15, 0.2) is 0 Å². The molecular weight excluding hydrogens is 326 g/mol. The molecule has 0 aliphatic heterocycles. The number of nitrogens with two attached hydrogens (primary N) is 1. The third kappa shape index (κ3) is 3.12. The molecule has 2 rings (SSSR count). The normalized spacial score (nSPS) is 10.1. The minimum Gasteiger partial charge on any atom is -0.399 e. The first kappa shape index (κ1) is 14.0. The maximum Gasteiger partial charge on any atom is 0.270 e. The number of anilines is 2. The molecular formula is C13H10BrN3O3. The molecule has 0 saturated heterocycles. The highest BCUT2D eigenvalue weighted by Crippen LogP contribution is 2.27. The number of non-ortho nitro benzene ring substituents is 1. The van der Waals surface area contributed by atoms with E-state index in [4.69, 9.17) is 5.73 Å². The van der Waals surface area contributed by atoms with Crippen molar-refractivity contribution in [2.24, 2.45) is 0 Å². The van der Waals surface area contributed by atoms with Crippen LogP contribution in [0.15, 0.2) is 46.9 Å². The van der Waals surface area contributed by atoms with Crippen LogP contribution in [0.25, 0.3) is 0 Å². The number of nitrogens with zero attached hydrogens (tertiary/aromatic N) is 1. The number of nitrogen functional groups attached to an aromatic ring is 1. The number of carbonyl (C=O) groups is 1. The molecule has 2 aromatic rings. The third-order valence-corrected chi connectivity index (χ3v) is 3.24. The van der Waals surface area contributed by atoms with Crippen LogP contribution in [0.3, 0.4) is 0 Å². The van der Waals surface area contributed by atoms with Gasteiger partial charge in [0.1, 0.15) is 0 Å². The number of carbonyl (C=O) groups excluding carboxylic acids is 1. The van der Waals surface area contributed by atoms with E-state index in [2.05, 4.69) is 21.2 Å². The molecule has 0 saturated carbocycles. The SMILES string of the molecule is Nc1ccc(C(=O)Nc2ccc([N+](=O)[O-])cc2Br)cc1. The Kier molecular flexibility index (Phi) is 3.99. The summed E-state index contributed by atoms with van der Waals surface area (Å²) >= 11 is 3.19. The smallest absolute Gasteiger partial charge is 0.270 e. The Balaban J connectivity index is 2.19. The molecule has 0 heterocycles. The average Bonchev–Trinajstić information content (AvgIpc) is 2.41. The molecule has 20 heavy (non-hydrogen) atoms. The number of nitrogens with one attached hydrogen (secondary N) is 1. The van der Waals surface area contributed by atoms with E-state index in [0.717, 1.165) is 0 Å². The maximum absolute atomic E-state index is 12.0. The molecule has 1 amide bonds. The Bertz CT molecular complexity index is 671. The van der Waals surface area contributed by atoms with E-state index in [-0.39, 0.29) is 11.6 Å². The van der Waals surface area contributed by atoms with E-state index in [0.29, 0.717) is 21.4 Å². The Labute approximate surface area is 122 Å². The number of hydrogen-bond acceptors (Lipinski definition) is 4. The third-order valence-electron chi connectivity index (χ3n) is 2.58. The largest absolute Gasteiger partial charge is 0.399 e. The standard InChI is InChI=1S/C13H10BrN3O3/c14-11-7-10(17(19)20)5-6-12(11)16-13(18)8-1-3-9(15)4-2-8/h1-7H,15H2,(H,16,18). The van der Waals surface area contributed by atoms with Gasteiger partial charge >= 0.3 is 0 Å². The Morgan fingerprint density at radius 1 is 1.20 bits per heavy atom. The minimum absolute atomic E-state index is 0.0534. The summed E-state index contributed by atoms with van der Waals surface area (Å²) in [5.74, 6) is -0.320. The summed E-state index contributed by atoms with van der Waals surface area (Å²) in [4.78, 5) is 22.1. The number of benzene rings is 2. The zero-order chi connectivity index (χ0) is 14.7. The van der Waals surface area contributed by atoms with Crippen molar-refractivity contribution < 1.29 is 9.72 Å². The maximum atomic E-state index is 12.0. The Hall–Kier alpha value is -2.41. The molecule has 102 valence electrons. The van der Waals surface area contributed by atoms with Crippen molar-refractivity contribution in [2.45, 2.75) is 0 Å². The highest BCUT2D eigenvalue weighted by Gasteiger charge is 2.12. The first-order valence-electron chi connectivity index (χ1n) is 5.58. The number of hydrogen-bond donors (Lipinski definition) is 2. The van der Waals surface area contributed by atoms with Gasteiger partial charge in [0.2, 0.25) is 0 Å². The Morgan fingerprint density at radius 3 is 2.40 bits per heavy atom. The highest BCUT2D eigenvalue weighted by molar-refractivity contribution is 9.10. The molecule has 7 heteroatoms. The van der Waals surface area contributed by atoms with Crippen molar-refractivity contribution >= 4 is 38.9 Å². The van der Waals surface area contributed by atoms with Crippen LogP contribution in [-0.2, 0) is 0 Å². The molecule has 0 radical (unpaired) electrons. The number of halogens is 1. The lowest BCUT2D eigenvalue weighted by Crippen LogP contribution is -2.12. The molecule has 0 bridgehead atoms. The van der Waals surface area contributed by atoms with Crippen LogP contribution in [0.4, 0.5) is 17.1 Å². The van der Waals surface area contributed by atoms with Gasteiger partial charge in [-0.15, -0.1) is 0 Å². The van der Waals surface area contributed by atoms with Gasteiger partial charge < -0.3 is 11.1 Å². The monoisotopic (exact) mass is 335 g/mol. The van der Waals surface area contributed by atoms with Crippen LogP contribution in [-0.4, -0.2) is 10.8 Å². The van der Waals surface area contributed by atoms with E-state index in [9.17, 15) is 14.9 Å². The summed E-state index contributed by atoms with van der Waals surface area (Å²) in [5, 5.41) is 13.3. The molecule has 0 atom stereocenters. The molecule has 6 nitrogen and oxygen atoms in total. The van der Waals surface area contributed by atoms with Crippen LogP contribution in [0, 0.1) is 10.1 Å². The fourth-order valence-corrected chi connectivity index (χ4v) is 2.01. The van der Waals surface area contributed by atoms with Gasteiger partial charge in [-0.05, 0) is 46.3 Å². The van der Waals surface area contributed by atoms with Crippen LogP contribution in [0.2, 0.25) is 0 Å². The fraction of sp³-hybridized carbons (Fsp3) is 0. The average molecular weight is 336 g/mol. The number of nitro benzene ring substituents is 1. The topological polar surface area (TPSA) is 98.3 Å². The van der Waals surface area contributed by atoms with Crippen molar-refractivity contribution in [3.8, 4) is 0 Å². The first-order valence-corrected chi connectivity index (χ1v) is 6.37. The minimum atomic E-state index is -0.504. The molecule has 0 aromatic heterocycles. The predicted molar refractivity (Wildman–Crippen MR) is 79.6 cm³/mol. The number of rotatable bonds is 3. The summed E-state index contributed by atoms with van der Waals surface area (Å²) in [5.41, 5.74) is 6.96. The van der Waals surface area contributed by atoms with Gasteiger partial charge in [0.25, 0.3) is 11.6 Å². The lowest BCUT2D eigenvalue weighted by atomic mass is 10.2.